The molecule has 0 radical (unpaired) electrons. The molecule has 5 heteroatoms. The van der Waals surface area contributed by atoms with Crippen molar-refractivity contribution in [3.63, 3.8) is 0 Å². The molecule has 0 aliphatic carbocycles. The molecule has 16 heavy (non-hydrogen) atoms. The fourth-order valence-corrected chi connectivity index (χ4v) is 1.78. The van der Waals surface area contributed by atoms with E-state index in [4.69, 9.17) is 10.5 Å². The zero-order chi connectivity index (χ0) is 12.7. The lowest BCUT2D eigenvalue weighted by atomic mass is 10.2. The van der Waals surface area contributed by atoms with Gasteiger partial charge in [0.2, 0.25) is 5.91 Å². The van der Waals surface area contributed by atoms with Crippen LogP contribution in [0.3, 0.4) is 0 Å². The van der Waals surface area contributed by atoms with Crippen LogP contribution < -0.4 is 5.73 Å². The van der Waals surface area contributed by atoms with Crippen LogP contribution in [-0.4, -0.2) is 68.7 Å². The summed E-state index contributed by atoms with van der Waals surface area (Å²) in [5.74, 6) is -0.0429. The Kier molecular flexibility index (Phi) is 7.29. The number of hydrogen-bond donors (Lipinski definition) is 1. The fraction of sp³-hybridized carbons (Fsp3) is 0.909. The number of amides is 1. The van der Waals surface area contributed by atoms with E-state index in [1.54, 1.807) is 12.0 Å². The van der Waals surface area contributed by atoms with Crippen molar-refractivity contribution in [2.24, 2.45) is 5.73 Å². The van der Waals surface area contributed by atoms with Crippen LogP contribution in [0, 0.1) is 0 Å². The van der Waals surface area contributed by atoms with E-state index in [0.29, 0.717) is 6.54 Å². The molecule has 0 aromatic heterocycles. The Balaban J connectivity index is 4.41. The summed E-state index contributed by atoms with van der Waals surface area (Å²) in [6.07, 6.45) is 0. The lowest BCUT2D eigenvalue weighted by Crippen LogP contribution is -2.51. The maximum absolute atomic E-state index is 12.0. The first kappa shape index (κ1) is 15.3. The second kappa shape index (κ2) is 7.60. The lowest BCUT2D eigenvalue weighted by Gasteiger charge is -2.31. The average molecular weight is 231 g/mol. The molecule has 0 aliphatic rings. The van der Waals surface area contributed by atoms with Crippen LogP contribution in [0.25, 0.3) is 0 Å². The molecule has 0 rings (SSSR count). The molecule has 5 nitrogen and oxygen atoms in total. The molecule has 0 fully saturated rings. The van der Waals surface area contributed by atoms with E-state index in [1.807, 2.05) is 27.9 Å². The molecule has 2 N–H and O–H groups in total. The second-order valence-electron chi connectivity index (χ2n) is 4.30. The van der Waals surface area contributed by atoms with E-state index in [-0.39, 0.29) is 18.6 Å². The monoisotopic (exact) mass is 231 g/mol. The van der Waals surface area contributed by atoms with E-state index >= 15 is 0 Å². The zero-order valence-corrected chi connectivity index (χ0v) is 11.1. The zero-order valence-electron chi connectivity index (χ0n) is 11.1. The Bertz CT molecular complexity index is 209. The molecule has 0 heterocycles. The van der Waals surface area contributed by atoms with Crippen molar-refractivity contribution >= 4 is 5.91 Å². The maximum atomic E-state index is 12.0. The van der Waals surface area contributed by atoms with Crippen molar-refractivity contribution in [3.8, 4) is 0 Å². The van der Waals surface area contributed by atoms with E-state index in [9.17, 15) is 4.79 Å². The first-order valence-electron chi connectivity index (χ1n) is 5.63. The predicted molar refractivity (Wildman–Crippen MR) is 65.3 cm³/mol. The summed E-state index contributed by atoms with van der Waals surface area (Å²) in [6.45, 7) is 5.76. The van der Waals surface area contributed by atoms with E-state index in [0.717, 1.165) is 6.54 Å². The highest BCUT2D eigenvalue weighted by Crippen LogP contribution is 2.03. The third-order valence-corrected chi connectivity index (χ3v) is 2.45. The van der Waals surface area contributed by atoms with Crippen molar-refractivity contribution < 1.29 is 9.53 Å². The summed E-state index contributed by atoms with van der Waals surface area (Å²) in [5, 5.41) is 0. The number of carbonyl (C=O) groups excluding carboxylic acids is 1. The molecule has 2 unspecified atom stereocenters. The van der Waals surface area contributed by atoms with Crippen molar-refractivity contribution in [1.29, 1.82) is 0 Å². The van der Waals surface area contributed by atoms with Gasteiger partial charge in [-0.1, -0.05) is 0 Å². The van der Waals surface area contributed by atoms with Crippen LogP contribution in [0.1, 0.15) is 13.8 Å². The second-order valence-corrected chi connectivity index (χ2v) is 4.30. The third-order valence-electron chi connectivity index (χ3n) is 2.45. The third kappa shape index (κ3) is 4.92. The topological polar surface area (TPSA) is 58.8 Å². The molecule has 2 atom stereocenters. The highest BCUT2D eigenvalue weighted by Gasteiger charge is 2.24. The van der Waals surface area contributed by atoms with Crippen LogP contribution in [0.5, 0.6) is 0 Å². The summed E-state index contributed by atoms with van der Waals surface area (Å²) in [4.78, 5) is 15.8. The molecule has 1 amide bonds. The van der Waals surface area contributed by atoms with Crippen molar-refractivity contribution in [3.05, 3.63) is 0 Å². The Hall–Kier alpha value is -0.650. The Morgan fingerprint density at radius 2 is 2.00 bits per heavy atom. The molecule has 0 aromatic rings. The van der Waals surface area contributed by atoms with Gasteiger partial charge in [-0.05, 0) is 27.9 Å². The van der Waals surface area contributed by atoms with Crippen molar-refractivity contribution in [1.82, 2.24) is 9.80 Å². The summed E-state index contributed by atoms with van der Waals surface area (Å²) in [7, 11) is 5.53. The van der Waals surface area contributed by atoms with Gasteiger partial charge in [0, 0.05) is 26.2 Å². The molecule has 96 valence electrons. The molecule has 0 aliphatic heterocycles. The normalized spacial score (nSPS) is 14.9. The molecule has 0 saturated carbocycles. The average Bonchev–Trinajstić information content (AvgIpc) is 2.17. The molecule has 0 spiro atoms. The van der Waals surface area contributed by atoms with Crippen molar-refractivity contribution in [2.45, 2.75) is 25.9 Å². The Morgan fingerprint density at radius 3 is 2.38 bits per heavy atom. The van der Waals surface area contributed by atoms with Gasteiger partial charge in [-0.25, -0.2) is 0 Å². The number of ether oxygens (including phenoxy) is 1. The number of nitrogens with zero attached hydrogens (tertiary/aromatic N) is 2. The van der Waals surface area contributed by atoms with Gasteiger partial charge in [0.15, 0.2) is 0 Å². The first-order valence-corrected chi connectivity index (χ1v) is 5.63. The van der Waals surface area contributed by atoms with Gasteiger partial charge < -0.3 is 20.3 Å². The number of methoxy groups -OCH3 is 1. The van der Waals surface area contributed by atoms with Crippen LogP contribution in [-0.2, 0) is 9.53 Å². The van der Waals surface area contributed by atoms with Gasteiger partial charge in [0.1, 0.15) is 6.04 Å². The summed E-state index contributed by atoms with van der Waals surface area (Å²) < 4.78 is 4.90. The van der Waals surface area contributed by atoms with Gasteiger partial charge in [-0.3, -0.25) is 4.79 Å². The first-order chi connectivity index (χ1) is 7.43. The lowest BCUT2D eigenvalue weighted by molar-refractivity contribution is -0.135. The van der Waals surface area contributed by atoms with Gasteiger partial charge in [0.05, 0.1) is 6.61 Å². The van der Waals surface area contributed by atoms with Crippen molar-refractivity contribution in [2.75, 3.05) is 40.9 Å². The van der Waals surface area contributed by atoms with Gasteiger partial charge in [-0.2, -0.15) is 0 Å². The maximum Gasteiger partial charge on any atom is 0.242 e. The minimum absolute atomic E-state index is 0.0429. The smallest absolute Gasteiger partial charge is 0.242 e. The van der Waals surface area contributed by atoms with Gasteiger partial charge in [0.25, 0.3) is 0 Å². The van der Waals surface area contributed by atoms with Crippen LogP contribution >= 0.6 is 0 Å². The SMILES string of the molecule is CCN(C(=O)C(N)COC)C(C)CN(C)C. The van der Waals surface area contributed by atoms with E-state index < -0.39 is 6.04 Å². The number of carbonyl (C=O) groups is 1. The highest BCUT2D eigenvalue weighted by molar-refractivity contribution is 5.82. The molecule has 0 aromatic carbocycles. The minimum atomic E-state index is -0.561. The minimum Gasteiger partial charge on any atom is -0.383 e. The summed E-state index contributed by atoms with van der Waals surface area (Å²) >= 11 is 0. The Labute approximate surface area is 98.5 Å². The number of hydrogen-bond acceptors (Lipinski definition) is 4. The molecule has 0 saturated heterocycles. The summed E-state index contributed by atoms with van der Waals surface area (Å²) in [6, 6.07) is -0.398. The number of nitrogens with two attached hydrogens (primary N) is 1. The molecular weight excluding hydrogens is 206 g/mol. The highest BCUT2D eigenvalue weighted by atomic mass is 16.5. The largest absolute Gasteiger partial charge is 0.383 e. The fourth-order valence-electron chi connectivity index (χ4n) is 1.78. The number of rotatable bonds is 7. The molecule has 0 bridgehead atoms. The van der Waals surface area contributed by atoms with E-state index in [2.05, 4.69) is 4.90 Å². The quantitative estimate of drug-likeness (QED) is 0.657. The van der Waals surface area contributed by atoms with Crippen LogP contribution in [0.2, 0.25) is 0 Å². The van der Waals surface area contributed by atoms with Crippen LogP contribution in [0.4, 0.5) is 0 Å². The molecular formula is C11H25N3O2. The summed E-state index contributed by atoms with van der Waals surface area (Å²) in [5.41, 5.74) is 5.74. The number of likely N-dealkylation sites (N-methyl/N-ethyl adjacent to an activating group) is 2. The van der Waals surface area contributed by atoms with Gasteiger partial charge in [-0.15, -0.1) is 0 Å². The standard InChI is InChI=1S/C11H25N3O2/c1-6-14(9(2)7-13(3)4)11(15)10(12)8-16-5/h9-10H,6-8,12H2,1-5H3. The van der Waals surface area contributed by atoms with Crippen LogP contribution in [0.15, 0.2) is 0 Å². The van der Waals surface area contributed by atoms with Gasteiger partial charge >= 0.3 is 0 Å². The van der Waals surface area contributed by atoms with E-state index in [1.165, 1.54) is 0 Å². The Morgan fingerprint density at radius 1 is 1.44 bits per heavy atom. The predicted octanol–water partition coefficient (Wildman–Crippen LogP) is -0.241.